The van der Waals surface area contributed by atoms with Crippen LogP contribution >= 0.6 is 0 Å². The van der Waals surface area contributed by atoms with E-state index in [1.807, 2.05) is 0 Å². The molecule has 7 N–H and O–H groups in total. The molecule has 418 valence electrons. The molecule has 2 saturated heterocycles. The molecule has 0 aliphatic carbocycles. The lowest BCUT2D eigenvalue weighted by Gasteiger charge is -2.42. The first kappa shape index (κ1) is 65.4. The van der Waals surface area contributed by atoms with Gasteiger partial charge in [0.15, 0.2) is 18.7 Å². The van der Waals surface area contributed by atoms with E-state index in [1.165, 1.54) is 141 Å². The average molecular weight is 1020 g/mol. The second-order valence-electron chi connectivity index (χ2n) is 20.5. The fraction of sp³-hybridized carbons (Fsp3) is 0.929. The van der Waals surface area contributed by atoms with Gasteiger partial charge in [-0.1, -0.05) is 199 Å². The first-order valence-corrected chi connectivity index (χ1v) is 28.8. The van der Waals surface area contributed by atoms with Crippen molar-refractivity contribution in [2.75, 3.05) is 26.4 Å². The molecule has 71 heavy (non-hydrogen) atoms. The topological polar surface area (TPSA) is 231 Å². The van der Waals surface area contributed by atoms with Crippen LogP contribution in [-0.2, 0) is 38.0 Å². The van der Waals surface area contributed by atoms with Gasteiger partial charge in [-0.15, -0.1) is 0 Å². The summed E-state index contributed by atoms with van der Waals surface area (Å²) in [6, 6.07) is 0. The normalized spacial score (nSPS) is 25.2. The molecule has 4 unspecified atom stereocenters. The van der Waals surface area contributed by atoms with Crippen molar-refractivity contribution < 1.29 is 73.8 Å². The van der Waals surface area contributed by atoms with Gasteiger partial charge >= 0.3 is 11.9 Å². The molecular formula is C56H104O15. The molecule has 2 heterocycles. The smallest absolute Gasteiger partial charge is 0.306 e. The largest absolute Gasteiger partial charge is 0.462 e. The number of hydrogen-bond donors (Lipinski definition) is 7. The Morgan fingerprint density at radius 1 is 0.437 bits per heavy atom. The van der Waals surface area contributed by atoms with Crippen LogP contribution in [0.25, 0.3) is 0 Å². The van der Waals surface area contributed by atoms with E-state index in [4.69, 9.17) is 28.4 Å². The minimum absolute atomic E-state index is 0.170. The Morgan fingerprint density at radius 3 is 1.25 bits per heavy atom. The zero-order chi connectivity index (χ0) is 51.7. The highest BCUT2D eigenvalue weighted by atomic mass is 16.7. The maximum atomic E-state index is 13.1. The zero-order valence-electron chi connectivity index (χ0n) is 44.5. The first-order valence-electron chi connectivity index (χ1n) is 28.8. The van der Waals surface area contributed by atoms with E-state index in [0.29, 0.717) is 12.8 Å². The summed E-state index contributed by atoms with van der Waals surface area (Å²) in [5, 5.41) is 72.2. The Morgan fingerprint density at radius 2 is 0.803 bits per heavy atom. The molecule has 11 atom stereocenters. The third kappa shape index (κ3) is 31.0. The molecular weight excluding hydrogens is 913 g/mol. The summed E-state index contributed by atoms with van der Waals surface area (Å²) in [5.41, 5.74) is 0. The summed E-state index contributed by atoms with van der Waals surface area (Å²) in [6.07, 6.45) is 28.1. The lowest BCUT2D eigenvalue weighted by atomic mass is 9.98. The molecule has 0 aromatic heterocycles. The fourth-order valence-corrected chi connectivity index (χ4v) is 9.27. The Bertz CT molecular complexity index is 1290. The van der Waals surface area contributed by atoms with Crippen LogP contribution in [0, 0.1) is 0 Å². The Hall–Kier alpha value is -1.76. The van der Waals surface area contributed by atoms with E-state index in [2.05, 4.69) is 26.0 Å². The van der Waals surface area contributed by atoms with Crippen LogP contribution in [0.15, 0.2) is 12.2 Å². The number of carbonyl (C=O) groups is 2. The van der Waals surface area contributed by atoms with Crippen molar-refractivity contribution in [3.8, 4) is 0 Å². The molecule has 2 rings (SSSR count). The summed E-state index contributed by atoms with van der Waals surface area (Å²) >= 11 is 0. The monoisotopic (exact) mass is 1020 g/mol. The highest BCUT2D eigenvalue weighted by Gasteiger charge is 2.47. The average Bonchev–Trinajstić information content (AvgIpc) is 3.36. The summed E-state index contributed by atoms with van der Waals surface area (Å²) in [6.45, 7) is 2.61. The lowest BCUT2D eigenvalue weighted by Crippen LogP contribution is -2.61. The van der Waals surface area contributed by atoms with Gasteiger partial charge in [0.2, 0.25) is 0 Å². The van der Waals surface area contributed by atoms with Crippen LogP contribution in [0.5, 0.6) is 0 Å². The number of allylic oxidation sites excluding steroid dienone is 2. The SMILES string of the molecule is CCCCCC/C=C/CCCCCCCC(=O)OC[C@H](CO[C@H]1O[C@@H](CO[C@H]2O[C@@H](CO)[C@@H](O)C(O)C2O)[C@@H](O)C(O)C1O)OC(=O)CCCCCCCCCCCCCCCCCCCCCCCC. The highest BCUT2D eigenvalue weighted by molar-refractivity contribution is 5.70. The van der Waals surface area contributed by atoms with Crippen molar-refractivity contribution in [1.82, 2.24) is 0 Å². The van der Waals surface area contributed by atoms with E-state index >= 15 is 0 Å². The third-order valence-electron chi connectivity index (χ3n) is 14.0. The Kier molecular flexibility index (Phi) is 40.0. The summed E-state index contributed by atoms with van der Waals surface area (Å²) in [4.78, 5) is 25.8. The van der Waals surface area contributed by atoms with E-state index in [9.17, 15) is 45.3 Å². The van der Waals surface area contributed by atoms with Gasteiger partial charge in [0.05, 0.1) is 19.8 Å². The molecule has 0 aromatic carbocycles. The molecule has 15 nitrogen and oxygen atoms in total. The predicted octanol–water partition coefficient (Wildman–Crippen LogP) is 9.33. The molecule has 0 radical (unpaired) electrons. The van der Waals surface area contributed by atoms with Crippen LogP contribution in [0.1, 0.15) is 239 Å². The number of hydrogen-bond acceptors (Lipinski definition) is 15. The number of aliphatic hydroxyl groups is 7. The van der Waals surface area contributed by atoms with Gasteiger partial charge in [-0.05, 0) is 38.5 Å². The molecule has 0 amide bonds. The molecule has 2 fully saturated rings. The lowest BCUT2D eigenvalue weighted by molar-refractivity contribution is -0.332. The molecule has 0 bridgehead atoms. The van der Waals surface area contributed by atoms with Gasteiger partial charge in [-0.3, -0.25) is 9.59 Å². The van der Waals surface area contributed by atoms with Crippen LogP contribution in [0.3, 0.4) is 0 Å². The van der Waals surface area contributed by atoms with Crippen molar-refractivity contribution >= 4 is 11.9 Å². The van der Waals surface area contributed by atoms with Crippen LogP contribution in [0.2, 0.25) is 0 Å². The van der Waals surface area contributed by atoms with Crippen LogP contribution < -0.4 is 0 Å². The quantitative estimate of drug-likeness (QED) is 0.0171. The summed E-state index contributed by atoms with van der Waals surface area (Å²) in [5.74, 6) is -0.921. The van der Waals surface area contributed by atoms with E-state index < -0.39 is 92.7 Å². The van der Waals surface area contributed by atoms with E-state index in [-0.39, 0.29) is 26.1 Å². The maximum Gasteiger partial charge on any atom is 0.306 e. The standard InChI is InChI=1S/C56H104O15/c1-3-5-7-9-11-13-15-17-18-19-20-21-22-23-24-25-27-29-31-33-35-37-39-48(59)69-44(41-66-47(58)38-36-34-32-30-28-26-16-14-12-10-8-6-4-2)42-67-55-54(65)52(63)50(61)46(71-55)43-68-56-53(64)51(62)49(60)45(40-57)70-56/h14,16,44-46,49-57,60-65H,3-13,15,17-43H2,1-2H3/b16-14+/t44-,45+,46+,49-,50-,51?,52?,53?,54?,55+,56+/m1/s1. The highest BCUT2D eigenvalue weighted by Crippen LogP contribution is 2.27. The first-order chi connectivity index (χ1) is 34.5. The predicted molar refractivity (Wildman–Crippen MR) is 275 cm³/mol. The summed E-state index contributed by atoms with van der Waals surface area (Å²) in [7, 11) is 0. The van der Waals surface area contributed by atoms with Gasteiger partial charge < -0.3 is 64.2 Å². The second kappa shape index (κ2) is 43.5. The van der Waals surface area contributed by atoms with Gasteiger partial charge in [0.25, 0.3) is 0 Å². The Balaban J connectivity index is 1.73. The molecule has 2 aliphatic rings. The number of ether oxygens (including phenoxy) is 6. The van der Waals surface area contributed by atoms with Crippen molar-refractivity contribution in [3.63, 3.8) is 0 Å². The number of esters is 2. The Labute approximate surface area is 429 Å². The minimum Gasteiger partial charge on any atom is -0.462 e. The van der Waals surface area contributed by atoms with Gasteiger partial charge in [-0.25, -0.2) is 0 Å². The van der Waals surface area contributed by atoms with Gasteiger partial charge in [0, 0.05) is 12.8 Å². The molecule has 15 heteroatoms. The number of aliphatic hydroxyl groups excluding tert-OH is 7. The molecule has 0 spiro atoms. The third-order valence-corrected chi connectivity index (χ3v) is 14.0. The van der Waals surface area contributed by atoms with E-state index in [1.54, 1.807) is 0 Å². The molecule has 2 aliphatic heterocycles. The van der Waals surface area contributed by atoms with Crippen LogP contribution in [0.4, 0.5) is 0 Å². The number of unbranched alkanes of at least 4 members (excludes halogenated alkanes) is 30. The fourth-order valence-electron chi connectivity index (χ4n) is 9.27. The number of rotatable bonds is 46. The van der Waals surface area contributed by atoms with Gasteiger partial charge in [0.1, 0.15) is 55.4 Å². The van der Waals surface area contributed by atoms with E-state index in [0.717, 1.165) is 57.8 Å². The molecule has 0 aromatic rings. The summed E-state index contributed by atoms with van der Waals surface area (Å²) < 4.78 is 33.7. The van der Waals surface area contributed by atoms with Crippen molar-refractivity contribution in [2.45, 2.75) is 306 Å². The van der Waals surface area contributed by atoms with Crippen molar-refractivity contribution in [2.24, 2.45) is 0 Å². The van der Waals surface area contributed by atoms with Crippen molar-refractivity contribution in [3.05, 3.63) is 12.2 Å². The zero-order valence-corrected chi connectivity index (χ0v) is 44.5. The van der Waals surface area contributed by atoms with Gasteiger partial charge in [-0.2, -0.15) is 0 Å². The number of carbonyl (C=O) groups excluding carboxylic acids is 2. The van der Waals surface area contributed by atoms with Crippen LogP contribution in [-0.4, -0.2) is 142 Å². The second-order valence-corrected chi connectivity index (χ2v) is 20.5. The maximum absolute atomic E-state index is 13.1. The van der Waals surface area contributed by atoms with Crippen molar-refractivity contribution in [1.29, 1.82) is 0 Å². The molecule has 0 saturated carbocycles. The minimum atomic E-state index is -1.76.